The number of para-hydroxylation sites is 1. The van der Waals surface area contributed by atoms with E-state index < -0.39 is 0 Å². The molecule has 2 nitrogen and oxygen atoms in total. The minimum Gasteiger partial charge on any atom is -0.393 e. The van der Waals surface area contributed by atoms with Crippen LogP contribution in [0.3, 0.4) is 0 Å². The molecule has 2 N–H and O–H groups in total. The molecule has 1 aliphatic rings. The summed E-state index contributed by atoms with van der Waals surface area (Å²) in [5.41, 5.74) is 9.89. The lowest BCUT2D eigenvalue weighted by molar-refractivity contribution is 0.595. The molecule has 0 bridgehead atoms. The molecule has 1 heterocycles. The Morgan fingerprint density at radius 1 is 1.10 bits per heavy atom. The van der Waals surface area contributed by atoms with Gasteiger partial charge in [0.25, 0.3) is 0 Å². The summed E-state index contributed by atoms with van der Waals surface area (Å²) in [5.74, 6) is 0. The first-order valence-electron chi connectivity index (χ1n) is 7.43. The maximum atomic E-state index is 5.86. The molecule has 0 spiro atoms. The highest BCUT2D eigenvalue weighted by molar-refractivity contribution is 7.80. The summed E-state index contributed by atoms with van der Waals surface area (Å²) in [7, 11) is 0. The van der Waals surface area contributed by atoms with Crippen molar-refractivity contribution >= 4 is 22.9 Å². The standard InChI is InChI=1S/C18H20N2S/c19-18(21)13-17(15-7-2-1-3-8-15)20-12-6-10-14-9-4-5-11-16(14)20/h1-5,7-9,11,17H,6,10,12-13H2,(H2,19,21). The molecule has 2 aromatic carbocycles. The quantitative estimate of drug-likeness (QED) is 0.869. The monoisotopic (exact) mass is 296 g/mol. The average Bonchev–Trinajstić information content (AvgIpc) is 2.53. The molecule has 0 amide bonds. The van der Waals surface area contributed by atoms with Crippen LogP contribution in [-0.2, 0) is 6.42 Å². The van der Waals surface area contributed by atoms with Crippen molar-refractivity contribution in [1.82, 2.24) is 0 Å². The van der Waals surface area contributed by atoms with Crippen LogP contribution in [0, 0.1) is 0 Å². The van der Waals surface area contributed by atoms with Gasteiger partial charge in [-0.25, -0.2) is 0 Å². The number of hydrogen-bond acceptors (Lipinski definition) is 2. The molecule has 0 radical (unpaired) electrons. The smallest absolute Gasteiger partial charge is 0.0751 e. The summed E-state index contributed by atoms with van der Waals surface area (Å²) in [6.45, 7) is 1.05. The maximum Gasteiger partial charge on any atom is 0.0751 e. The van der Waals surface area contributed by atoms with Crippen LogP contribution >= 0.6 is 12.2 Å². The lowest BCUT2D eigenvalue weighted by atomic mass is 9.95. The van der Waals surface area contributed by atoms with Crippen LogP contribution < -0.4 is 10.6 Å². The lowest BCUT2D eigenvalue weighted by Crippen LogP contribution is -2.35. The molecule has 1 aliphatic heterocycles. The van der Waals surface area contributed by atoms with Crippen LogP contribution in [0.25, 0.3) is 0 Å². The highest BCUT2D eigenvalue weighted by Crippen LogP contribution is 2.35. The van der Waals surface area contributed by atoms with Gasteiger partial charge < -0.3 is 10.6 Å². The van der Waals surface area contributed by atoms with Crippen LogP contribution in [0.5, 0.6) is 0 Å². The highest BCUT2D eigenvalue weighted by Gasteiger charge is 2.25. The Kier molecular flexibility index (Phi) is 4.20. The van der Waals surface area contributed by atoms with Gasteiger partial charge in [0.1, 0.15) is 0 Å². The van der Waals surface area contributed by atoms with E-state index >= 15 is 0 Å². The van der Waals surface area contributed by atoms with Crippen molar-refractivity contribution < 1.29 is 0 Å². The van der Waals surface area contributed by atoms with Crippen molar-refractivity contribution in [3.63, 3.8) is 0 Å². The predicted molar refractivity (Wildman–Crippen MR) is 92.7 cm³/mol. The van der Waals surface area contributed by atoms with Crippen molar-refractivity contribution in [2.45, 2.75) is 25.3 Å². The Hall–Kier alpha value is -1.87. The first-order valence-corrected chi connectivity index (χ1v) is 7.84. The third-order valence-corrected chi connectivity index (χ3v) is 4.27. The zero-order valence-corrected chi connectivity index (χ0v) is 12.9. The molecule has 3 rings (SSSR count). The number of aryl methyl sites for hydroxylation is 1. The zero-order chi connectivity index (χ0) is 14.7. The third-order valence-electron chi connectivity index (χ3n) is 4.10. The summed E-state index contributed by atoms with van der Waals surface area (Å²) in [6.07, 6.45) is 3.05. The van der Waals surface area contributed by atoms with Gasteiger partial charge in [0.05, 0.1) is 11.0 Å². The van der Waals surface area contributed by atoms with Gasteiger partial charge in [0.15, 0.2) is 0 Å². The zero-order valence-electron chi connectivity index (χ0n) is 12.0. The van der Waals surface area contributed by atoms with Gasteiger partial charge in [-0.3, -0.25) is 0 Å². The number of hydrogen-bond donors (Lipinski definition) is 1. The van der Waals surface area contributed by atoms with E-state index in [4.69, 9.17) is 18.0 Å². The van der Waals surface area contributed by atoms with Crippen molar-refractivity contribution in [3.8, 4) is 0 Å². The third kappa shape index (κ3) is 3.08. The van der Waals surface area contributed by atoms with Crippen LogP contribution in [0.1, 0.15) is 30.0 Å². The number of nitrogens with zero attached hydrogens (tertiary/aromatic N) is 1. The molecular weight excluding hydrogens is 276 g/mol. The minimum atomic E-state index is 0.227. The first kappa shape index (κ1) is 14.1. The molecule has 1 atom stereocenters. The van der Waals surface area contributed by atoms with Gasteiger partial charge in [-0.2, -0.15) is 0 Å². The van der Waals surface area contributed by atoms with Crippen LogP contribution in [0.15, 0.2) is 54.6 Å². The fraction of sp³-hybridized carbons (Fsp3) is 0.278. The Labute approximate surface area is 131 Å². The number of nitrogens with two attached hydrogens (primary N) is 1. The molecule has 1 unspecified atom stereocenters. The number of anilines is 1. The van der Waals surface area contributed by atoms with E-state index in [1.165, 1.54) is 23.2 Å². The molecule has 21 heavy (non-hydrogen) atoms. The molecule has 0 fully saturated rings. The Balaban J connectivity index is 2.00. The van der Waals surface area contributed by atoms with Gasteiger partial charge in [-0.1, -0.05) is 60.7 Å². The van der Waals surface area contributed by atoms with Gasteiger partial charge in [-0.05, 0) is 30.0 Å². The normalized spacial score (nSPS) is 15.3. The molecule has 0 aromatic heterocycles. The predicted octanol–water partition coefficient (Wildman–Crippen LogP) is 3.86. The van der Waals surface area contributed by atoms with Crippen LogP contribution in [0.4, 0.5) is 5.69 Å². The fourth-order valence-corrected chi connectivity index (χ4v) is 3.32. The fourth-order valence-electron chi connectivity index (χ4n) is 3.16. The van der Waals surface area contributed by atoms with Gasteiger partial charge in [0.2, 0.25) is 0 Å². The van der Waals surface area contributed by atoms with Gasteiger partial charge in [0, 0.05) is 18.7 Å². The molecule has 2 aromatic rings. The first-order chi connectivity index (χ1) is 10.3. The summed E-state index contributed by atoms with van der Waals surface area (Å²) in [4.78, 5) is 3.04. The van der Waals surface area contributed by atoms with Crippen molar-refractivity contribution in [3.05, 3.63) is 65.7 Å². The summed E-state index contributed by atoms with van der Waals surface area (Å²) >= 11 is 5.19. The second-order valence-corrected chi connectivity index (χ2v) is 6.05. The highest BCUT2D eigenvalue weighted by atomic mass is 32.1. The second kappa shape index (κ2) is 6.27. The molecule has 0 aliphatic carbocycles. The van der Waals surface area contributed by atoms with Gasteiger partial charge >= 0.3 is 0 Å². The SMILES string of the molecule is NC(=S)CC(c1ccccc1)N1CCCc2ccccc21. The maximum absolute atomic E-state index is 5.86. The topological polar surface area (TPSA) is 29.3 Å². The number of thiocarbonyl (C=S) groups is 1. The van der Waals surface area contributed by atoms with E-state index in [1.54, 1.807) is 0 Å². The molecule has 0 saturated heterocycles. The number of fused-ring (bicyclic) bond motifs is 1. The van der Waals surface area contributed by atoms with E-state index in [0.717, 1.165) is 13.0 Å². The number of benzene rings is 2. The van der Waals surface area contributed by atoms with Crippen LogP contribution in [0.2, 0.25) is 0 Å². The van der Waals surface area contributed by atoms with E-state index in [1.807, 2.05) is 6.07 Å². The van der Waals surface area contributed by atoms with Gasteiger partial charge in [-0.15, -0.1) is 0 Å². The van der Waals surface area contributed by atoms with Crippen molar-refractivity contribution in [1.29, 1.82) is 0 Å². The summed E-state index contributed by atoms with van der Waals surface area (Å²) in [5, 5.41) is 0. The number of rotatable bonds is 4. The Morgan fingerprint density at radius 2 is 1.81 bits per heavy atom. The van der Waals surface area contributed by atoms with E-state index in [2.05, 4.69) is 53.4 Å². The van der Waals surface area contributed by atoms with E-state index in [9.17, 15) is 0 Å². The Morgan fingerprint density at radius 3 is 2.57 bits per heavy atom. The lowest BCUT2D eigenvalue weighted by Gasteiger charge is -2.38. The minimum absolute atomic E-state index is 0.227. The molecule has 3 heteroatoms. The summed E-state index contributed by atoms with van der Waals surface area (Å²) in [6, 6.07) is 19.4. The van der Waals surface area contributed by atoms with Crippen molar-refractivity contribution in [2.24, 2.45) is 5.73 Å². The summed E-state index contributed by atoms with van der Waals surface area (Å²) < 4.78 is 0. The Bertz CT molecular complexity index is 624. The van der Waals surface area contributed by atoms with Crippen molar-refractivity contribution in [2.75, 3.05) is 11.4 Å². The molecule has 108 valence electrons. The largest absolute Gasteiger partial charge is 0.393 e. The molecule has 0 saturated carbocycles. The van der Waals surface area contributed by atoms with E-state index in [0.29, 0.717) is 11.4 Å². The van der Waals surface area contributed by atoms with E-state index in [-0.39, 0.29) is 6.04 Å². The average molecular weight is 296 g/mol. The van der Waals surface area contributed by atoms with Crippen LogP contribution in [-0.4, -0.2) is 11.5 Å². The molecular formula is C18H20N2S. The second-order valence-electron chi connectivity index (χ2n) is 5.52.